The first-order valence-electron chi connectivity index (χ1n) is 6.56. The van der Waals surface area contributed by atoms with Crippen LogP contribution in [0.5, 0.6) is 0 Å². The predicted molar refractivity (Wildman–Crippen MR) is 73.9 cm³/mol. The maximum Gasteiger partial charge on any atom is 0.471 e. The van der Waals surface area contributed by atoms with Crippen LogP contribution in [0.15, 0.2) is 24.3 Å². The third-order valence-electron chi connectivity index (χ3n) is 2.90. The Hall–Kier alpha value is -1.60. The number of carbonyl (C=O) groups excluding carboxylic acids is 1. The Bertz CT molecular complexity index is 464. The summed E-state index contributed by atoms with van der Waals surface area (Å²) in [6.07, 6.45) is -4.02. The van der Waals surface area contributed by atoms with Crippen molar-refractivity contribution in [3.05, 3.63) is 29.8 Å². The quantitative estimate of drug-likeness (QED) is 0.814. The number of methoxy groups -OCH3 is 1. The molecule has 1 aromatic rings. The highest BCUT2D eigenvalue weighted by molar-refractivity contribution is 5.94. The monoisotopic (exact) mass is 304 g/mol. The van der Waals surface area contributed by atoms with Gasteiger partial charge in [-0.25, -0.2) is 0 Å². The van der Waals surface area contributed by atoms with Crippen LogP contribution >= 0.6 is 0 Å². The van der Waals surface area contributed by atoms with E-state index in [2.05, 4.69) is 5.32 Å². The lowest BCUT2D eigenvalue weighted by molar-refractivity contribution is -0.167. The van der Waals surface area contributed by atoms with Crippen LogP contribution in [-0.4, -0.2) is 31.8 Å². The summed E-state index contributed by atoms with van der Waals surface area (Å²) >= 11 is 0. The molecule has 1 amide bonds. The number of carbonyl (C=O) groups is 1. The van der Waals surface area contributed by atoms with Gasteiger partial charge >= 0.3 is 12.1 Å². The van der Waals surface area contributed by atoms with Crippen LogP contribution in [0.1, 0.15) is 18.9 Å². The van der Waals surface area contributed by atoms with Gasteiger partial charge in [-0.05, 0) is 24.1 Å². The molecule has 118 valence electrons. The SMILES string of the molecule is CCC(COC)NCc1cccc(NC(=O)C(F)(F)F)c1. The van der Waals surface area contributed by atoms with Crippen LogP contribution in [0.25, 0.3) is 0 Å². The third kappa shape index (κ3) is 6.14. The lowest BCUT2D eigenvalue weighted by atomic mass is 10.1. The van der Waals surface area contributed by atoms with Crippen LogP contribution < -0.4 is 10.6 Å². The van der Waals surface area contributed by atoms with Crippen LogP contribution in [0.4, 0.5) is 18.9 Å². The lowest BCUT2D eigenvalue weighted by Gasteiger charge is -2.16. The Kier molecular flexibility index (Phi) is 6.64. The highest BCUT2D eigenvalue weighted by atomic mass is 19.4. The number of alkyl halides is 3. The Balaban J connectivity index is 2.62. The molecule has 0 spiro atoms. The minimum Gasteiger partial charge on any atom is -0.383 e. The minimum absolute atomic E-state index is 0.122. The first-order chi connectivity index (χ1) is 9.86. The summed E-state index contributed by atoms with van der Waals surface area (Å²) in [7, 11) is 1.61. The fourth-order valence-corrected chi connectivity index (χ4v) is 1.75. The van der Waals surface area contributed by atoms with Crippen LogP contribution in [0.3, 0.4) is 0 Å². The van der Waals surface area contributed by atoms with Gasteiger partial charge in [0.25, 0.3) is 0 Å². The molecule has 0 aliphatic heterocycles. The Labute approximate surface area is 121 Å². The lowest BCUT2D eigenvalue weighted by Crippen LogP contribution is -2.32. The number of anilines is 1. The molecule has 0 saturated carbocycles. The van der Waals surface area contributed by atoms with Gasteiger partial charge in [-0.3, -0.25) is 4.79 Å². The second-order valence-corrected chi connectivity index (χ2v) is 4.59. The molecule has 0 aliphatic carbocycles. The number of benzene rings is 1. The van der Waals surface area contributed by atoms with Crippen molar-refractivity contribution in [1.82, 2.24) is 5.32 Å². The molecule has 0 bridgehead atoms. The molecule has 7 heteroatoms. The summed E-state index contributed by atoms with van der Waals surface area (Å²) in [5, 5.41) is 5.07. The molecular weight excluding hydrogens is 285 g/mol. The second kappa shape index (κ2) is 7.99. The normalized spacial score (nSPS) is 13.0. The number of ether oxygens (including phenoxy) is 1. The van der Waals surface area contributed by atoms with E-state index in [1.54, 1.807) is 19.2 Å². The molecule has 0 heterocycles. The molecule has 0 radical (unpaired) electrons. The van der Waals surface area contributed by atoms with Gasteiger partial charge in [0.15, 0.2) is 0 Å². The Morgan fingerprint density at radius 1 is 1.38 bits per heavy atom. The molecular formula is C14H19F3N2O2. The van der Waals surface area contributed by atoms with Gasteiger partial charge in [-0.2, -0.15) is 13.2 Å². The van der Waals surface area contributed by atoms with Gasteiger partial charge in [0.05, 0.1) is 6.61 Å². The first-order valence-corrected chi connectivity index (χ1v) is 6.56. The maximum atomic E-state index is 12.2. The van der Waals surface area contributed by atoms with Crippen LogP contribution in [0, 0.1) is 0 Å². The van der Waals surface area contributed by atoms with E-state index < -0.39 is 12.1 Å². The van der Waals surface area contributed by atoms with Crippen LogP contribution in [-0.2, 0) is 16.1 Å². The average molecular weight is 304 g/mol. The van der Waals surface area contributed by atoms with Gasteiger partial charge in [-0.15, -0.1) is 0 Å². The van der Waals surface area contributed by atoms with Crippen molar-refractivity contribution in [2.45, 2.75) is 32.1 Å². The van der Waals surface area contributed by atoms with E-state index in [0.717, 1.165) is 12.0 Å². The zero-order chi connectivity index (χ0) is 15.9. The summed E-state index contributed by atoms with van der Waals surface area (Å²) < 4.78 is 41.6. The molecule has 1 rings (SSSR count). The summed E-state index contributed by atoms with van der Waals surface area (Å²) in [4.78, 5) is 10.9. The number of hydrogen-bond acceptors (Lipinski definition) is 3. The summed E-state index contributed by atoms with van der Waals surface area (Å²) in [5.74, 6) is -1.97. The Morgan fingerprint density at radius 3 is 2.67 bits per heavy atom. The smallest absolute Gasteiger partial charge is 0.383 e. The van der Waals surface area contributed by atoms with Crippen molar-refractivity contribution in [2.24, 2.45) is 0 Å². The number of hydrogen-bond donors (Lipinski definition) is 2. The van der Waals surface area contributed by atoms with Gasteiger partial charge in [0.2, 0.25) is 0 Å². The van der Waals surface area contributed by atoms with E-state index in [4.69, 9.17) is 4.74 Å². The summed E-state index contributed by atoms with van der Waals surface area (Å²) in [6.45, 7) is 3.05. The topological polar surface area (TPSA) is 50.4 Å². The van der Waals surface area contributed by atoms with E-state index in [-0.39, 0.29) is 11.7 Å². The van der Waals surface area contributed by atoms with Gasteiger partial charge in [0, 0.05) is 25.4 Å². The summed E-state index contributed by atoms with van der Waals surface area (Å²) in [5.41, 5.74) is 0.904. The number of halogens is 3. The van der Waals surface area contributed by atoms with Crippen molar-refractivity contribution in [3.8, 4) is 0 Å². The van der Waals surface area contributed by atoms with E-state index >= 15 is 0 Å². The zero-order valence-corrected chi connectivity index (χ0v) is 12.0. The molecule has 1 aromatic carbocycles. The maximum absolute atomic E-state index is 12.2. The zero-order valence-electron chi connectivity index (χ0n) is 12.0. The molecule has 0 aliphatic rings. The fourth-order valence-electron chi connectivity index (χ4n) is 1.75. The van der Waals surface area contributed by atoms with Gasteiger partial charge in [0.1, 0.15) is 0 Å². The van der Waals surface area contributed by atoms with Crippen molar-refractivity contribution in [2.75, 3.05) is 19.0 Å². The fraction of sp³-hybridized carbons (Fsp3) is 0.500. The molecule has 0 saturated heterocycles. The highest BCUT2D eigenvalue weighted by Crippen LogP contribution is 2.19. The van der Waals surface area contributed by atoms with E-state index in [1.807, 2.05) is 12.2 Å². The predicted octanol–water partition coefficient (Wildman–Crippen LogP) is 2.70. The first kappa shape index (κ1) is 17.5. The Morgan fingerprint density at radius 2 is 2.10 bits per heavy atom. The molecule has 0 fully saturated rings. The standard InChI is InChI=1S/C14H19F3N2O2/c1-3-11(9-21-2)18-8-10-5-4-6-12(7-10)19-13(20)14(15,16)17/h4-7,11,18H,3,8-9H2,1-2H3,(H,19,20). The third-order valence-corrected chi connectivity index (χ3v) is 2.90. The largest absolute Gasteiger partial charge is 0.471 e. The number of rotatable bonds is 7. The molecule has 4 nitrogen and oxygen atoms in total. The van der Waals surface area contributed by atoms with E-state index in [1.165, 1.54) is 12.1 Å². The average Bonchev–Trinajstić information content (AvgIpc) is 2.43. The molecule has 0 aromatic heterocycles. The van der Waals surface area contributed by atoms with Crippen molar-refractivity contribution < 1.29 is 22.7 Å². The minimum atomic E-state index is -4.89. The molecule has 1 unspecified atom stereocenters. The second-order valence-electron chi connectivity index (χ2n) is 4.59. The summed E-state index contributed by atoms with van der Waals surface area (Å²) in [6, 6.07) is 6.47. The molecule has 2 N–H and O–H groups in total. The van der Waals surface area contributed by atoms with Gasteiger partial charge < -0.3 is 15.4 Å². The number of nitrogens with one attached hydrogen (secondary N) is 2. The van der Waals surface area contributed by atoms with Crippen molar-refractivity contribution in [3.63, 3.8) is 0 Å². The van der Waals surface area contributed by atoms with E-state index in [0.29, 0.717) is 13.2 Å². The van der Waals surface area contributed by atoms with Crippen LogP contribution in [0.2, 0.25) is 0 Å². The van der Waals surface area contributed by atoms with E-state index in [9.17, 15) is 18.0 Å². The van der Waals surface area contributed by atoms with Crippen molar-refractivity contribution >= 4 is 11.6 Å². The molecule has 1 atom stereocenters. The number of amides is 1. The highest BCUT2D eigenvalue weighted by Gasteiger charge is 2.38. The van der Waals surface area contributed by atoms with Gasteiger partial charge in [-0.1, -0.05) is 19.1 Å². The molecule has 21 heavy (non-hydrogen) atoms. The van der Waals surface area contributed by atoms with Crippen molar-refractivity contribution in [1.29, 1.82) is 0 Å².